The number of halogens is 1. The van der Waals surface area contributed by atoms with Crippen molar-refractivity contribution in [2.75, 3.05) is 0 Å². The van der Waals surface area contributed by atoms with Gasteiger partial charge in [-0.3, -0.25) is 0 Å². The first-order valence-electron chi connectivity index (χ1n) is 2.90. The highest BCUT2D eigenvalue weighted by atomic mass is 19.1. The first-order valence-corrected chi connectivity index (χ1v) is 2.90. The molecule has 0 N–H and O–H groups in total. The molecule has 1 aliphatic rings. The summed E-state index contributed by atoms with van der Waals surface area (Å²) in [7, 11) is 0. The van der Waals surface area contributed by atoms with E-state index in [4.69, 9.17) is 0 Å². The predicted octanol–water partition coefficient (Wildman–Crippen LogP) is 1.36. The topological polar surface area (TPSA) is 35.5 Å². The predicted molar refractivity (Wildman–Crippen MR) is 34.0 cm³/mol. The average Bonchev–Trinajstić information content (AvgIpc) is 2.26. The molecule has 1 rings (SSSR count). The van der Waals surface area contributed by atoms with Crippen LogP contribution < -0.4 is 0 Å². The minimum atomic E-state index is -0.805. The molecule has 1 saturated heterocycles. The van der Waals surface area contributed by atoms with Gasteiger partial charge in [-0.25, -0.2) is 4.79 Å². The average molecular weight is 156 g/mol. The summed E-state index contributed by atoms with van der Waals surface area (Å²) in [6.45, 7) is 3.38. The van der Waals surface area contributed by atoms with Crippen LogP contribution in [0.25, 0.3) is 0 Å². The summed E-state index contributed by atoms with van der Waals surface area (Å²) < 4.78 is 20.3. The van der Waals surface area contributed by atoms with Crippen LogP contribution in [0.3, 0.4) is 0 Å². The third-order valence-corrected chi connectivity index (χ3v) is 1.17. The molecule has 1 aliphatic heterocycles. The van der Waals surface area contributed by atoms with Crippen LogP contribution in [-0.4, -0.2) is 12.3 Å². The van der Waals surface area contributed by atoms with Crippen LogP contribution in [0.4, 0.5) is 9.18 Å². The van der Waals surface area contributed by atoms with Gasteiger partial charge in [0.15, 0.2) is 6.10 Å². The first-order chi connectivity index (χ1) is 5.24. The van der Waals surface area contributed by atoms with Gasteiger partial charge in [0.1, 0.15) is 11.9 Å². The molecule has 0 spiro atoms. The Morgan fingerprint density at radius 3 is 2.91 bits per heavy atom. The molecule has 0 bridgehead atoms. The Labute approximate surface area is 62.8 Å². The lowest BCUT2D eigenvalue weighted by molar-refractivity contribution is 0.119. The fraction of sp³-hybridized carbons (Fsp3) is 0.286. The highest BCUT2D eigenvalue weighted by Crippen LogP contribution is 2.19. The lowest BCUT2D eigenvalue weighted by atomic mass is 10.2. The zero-order valence-electron chi connectivity index (χ0n) is 5.59. The lowest BCUT2D eigenvalue weighted by Crippen LogP contribution is -2.05. The highest BCUT2D eigenvalue weighted by molar-refractivity contribution is 5.64. The Bertz CT molecular complexity index is 248. The van der Waals surface area contributed by atoms with Crippen LogP contribution in [0.5, 0.6) is 0 Å². The molecule has 0 saturated carbocycles. The fourth-order valence-electron chi connectivity index (χ4n) is 0.665. The minimum absolute atomic E-state index is 0.0844. The Kier molecular flexibility index (Phi) is 2.12. The third-order valence-electron chi connectivity index (χ3n) is 1.17. The molecule has 0 aromatic heterocycles. The number of hydrogen-bond acceptors (Lipinski definition) is 3. The van der Waals surface area contributed by atoms with Crippen molar-refractivity contribution in [3.63, 3.8) is 0 Å². The Balaban J connectivity index is 2.51. The molecule has 1 atom stereocenters. The summed E-state index contributed by atoms with van der Waals surface area (Å²) in [5.74, 6) is 2.28. The van der Waals surface area contributed by atoms with Crippen molar-refractivity contribution < 1.29 is 18.7 Å². The van der Waals surface area contributed by atoms with Gasteiger partial charge < -0.3 is 9.47 Å². The summed E-state index contributed by atoms with van der Waals surface area (Å²) in [5, 5.41) is 0. The maximum Gasteiger partial charge on any atom is 0.514 e. The molecule has 3 nitrogen and oxygen atoms in total. The monoisotopic (exact) mass is 156 g/mol. The molecule has 1 heterocycles. The molecule has 11 heavy (non-hydrogen) atoms. The van der Waals surface area contributed by atoms with Crippen LogP contribution in [0.15, 0.2) is 12.3 Å². The number of carbonyl (C=O) groups is 1. The van der Waals surface area contributed by atoms with Gasteiger partial charge in [0.2, 0.25) is 0 Å². The van der Waals surface area contributed by atoms with Crippen molar-refractivity contribution in [3.8, 4) is 12.1 Å². The van der Waals surface area contributed by atoms with Crippen molar-refractivity contribution in [2.24, 2.45) is 0 Å². The largest absolute Gasteiger partial charge is 0.514 e. The van der Waals surface area contributed by atoms with E-state index in [9.17, 15) is 9.18 Å². The Morgan fingerprint density at radius 2 is 2.45 bits per heavy atom. The summed E-state index contributed by atoms with van der Waals surface area (Å²) in [4.78, 5) is 10.4. The summed E-state index contributed by atoms with van der Waals surface area (Å²) >= 11 is 0. The van der Waals surface area contributed by atoms with E-state index in [0.29, 0.717) is 0 Å². The fourth-order valence-corrected chi connectivity index (χ4v) is 0.665. The number of cyclic esters (lactones) is 2. The maximum absolute atomic E-state index is 11.3. The van der Waals surface area contributed by atoms with Gasteiger partial charge in [0.25, 0.3) is 0 Å². The van der Waals surface area contributed by atoms with Gasteiger partial charge in [-0.05, 0) is 0 Å². The van der Waals surface area contributed by atoms with E-state index in [0.717, 1.165) is 0 Å². The lowest BCUT2D eigenvalue weighted by Gasteiger charge is -1.98. The molecule has 0 amide bonds. The molecule has 1 unspecified atom stereocenters. The van der Waals surface area contributed by atoms with Crippen LogP contribution in [0.1, 0.15) is 6.42 Å². The van der Waals surface area contributed by atoms with Crippen molar-refractivity contribution in [2.45, 2.75) is 12.5 Å². The van der Waals surface area contributed by atoms with Gasteiger partial charge in [-0.1, -0.05) is 12.5 Å². The maximum atomic E-state index is 11.3. The number of rotatable bonds is 1. The second-order valence-electron chi connectivity index (χ2n) is 1.90. The number of carbonyl (C=O) groups excluding carboxylic acids is 1. The second-order valence-corrected chi connectivity index (χ2v) is 1.90. The second kappa shape index (κ2) is 3.06. The smallest absolute Gasteiger partial charge is 0.421 e. The van der Waals surface area contributed by atoms with Gasteiger partial charge in [0, 0.05) is 0 Å². The molecule has 0 aromatic rings. The van der Waals surface area contributed by atoms with Crippen LogP contribution in [-0.2, 0) is 9.47 Å². The van der Waals surface area contributed by atoms with E-state index in [-0.39, 0.29) is 12.2 Å². The molecule has 0 radical (unpaired) electrons. The summed E-state index contributed by atoms with van der Waals surface area (Å²) in [5.41, 5.74) is 0. The van der Waals surface area contributed by atoms with E-state index in [2.05, 4.69) is 22.0 Å². The van der Waals surface area contributed by atoms with Crippen molar-refractivity contribution in [3.05, 3.63) is 12.3 Å². The third kappa shape index (κ3) is 1.71. The molecule has 0 aromatic carbocycles. The summed E-state index contributed by atoms with van der Waals surface area (Å²) in [6.07, 6.45) is -0.148. The first kappa shape index (κ1) is 7.61. The van der Waals surface area contributed by atoms with Gasteiger partial charge in [-0.2, -0.15) is 0 Å². The van der Waals surface area contributed by atoms with Crippen molar-refractivity contribution >= 4 is 6.16 Å². The molecule has 58 valence electrons. The van der Waals surface area contributed by atoms with E-state index in [1.165, 1.54) is 6.17 Å². The van der Waals surface area contributed by atoms with Crippen molar-refractivity contribution in [1.82, 2.24) is 0 Å². The zero-order valence-corrected chi connectivity index (χ0v) is 5.59. The highest BCUT2D eigenvalue weighted by Gasteiger charge is 2.28. The molecule has 1 fully saturated rings. The quantitative estimate of drug-likeness (QED) is 0.424. The SMILES string of the molecule is C=C1OC(=O)OC1CC#CF. The molecular weight excluding hydrogens is 151 g/mol. The standard InChI is InChI=1S/C7H5FO3/c1-5-6(3-2-4-8)11-7(9)10-5/h6H,1,3H2. The number of hydrogen-bond donors (Lipinski definition) is 0. The van der Waals surface area contributed by atoms with Crippen LogP contribution >= 0.6 is 0 Å². The molecular formula is C7H5FO3. The van der Waals surface area contributed by atoms with Crippen molar-refractivity contribution in [1.29, 1.82) is 0 Å². The van der Waals surface area contributed by atoms with Gasteiger partial charge in [0.05, 0.1) is 6.42 Å². The van der Waals surface area contributed by atoms with Crippen LogP contribution in [0, 0.1) is 12.1 Å². The van der Waals surface area contributed by atoms with E-state index >= 15 is 0 Å². The molecule has 0 aliphatic carbocycles. The van der Waals surface area contributed by atoms with E-state index in [1.54, 1.807) is 0 Å². The minimum Gasteiger partial charge on any atom is -0.421 e. The summed E-state index contributed by atoms with van der Waals surface area (Å²) in [6, 6.07) is 0. The zero-order chi connectivity index (χ0) is 8.27. The number of ether oxygens (including phenoxy) is 2. The normalized spacial score (nSPS) is 21.7. The van der Waals surface area contributed by atoms with Crippen LogP contribution in [0.2, 0.25) is 0 Å². The van der Waals surface area contributed by atoms with Gasteiger partial charge >= 0.3 is 6.16 Å². The Morgan fingerprint density at radius 1 is 1.73 bits per heavy atom. The van der Waals surface area contributed by atoms with E-state index < -0.39 is 12.3 Å². The van der Waals surface area contributed by atoms with Gasteiger partial charge in [-0.15, -0.1) is 4.39 Å². The molecule has 4 heteroatoms. The Hall–Kier alpha value is -1.50. The van der Waals surface area contributed by atoms with E-state index in [1.807, 2.05) is 0 Å².